The summed E-state index contributed by atoms with van der Waals surface area (Å²) >= 11 is 5.73. The molecular formula is C12H11ClF3NO3S. The first-order valence-corrected chi connectivity index (χ1v) is 8.16. The number of hydrogen-bond acceptors (Lipinski definition) is 3. The average molecular weight is 342 g/mol. The number of benzene rings is 1. The largest absolute Gasteiger partial charge is 0.471 e. The quantitative estimate of drug-likeness (QED) is 0.830. The minimum Gasteiger partial charge on any atom is -0.300 e. The van der Waals surface area contributed by atoms with Crippen molar-refractivity contribution >= 4 is 33.0 Å². The lowest BCUT2D eigenvalue weighted by molar-refractivity contribution is -0.170. The molecule has 9 heteroatoms. The number of nitrogens with zero attached hydrogens (tertiary/aromatic N) is 1. The molecule has 1 aliphatic rings. The Bertz CT molecular complexity index is 660. The third-order valence-electron chi connectivity index (χ3n) is 3.12. The van der Waals surface area contributed by atoms with E-state index in [1.54, 1.807) is 0 Å². The zero-order valence-corrected chi connectivity index (χ0v) is 12.2. The van der Waals surface area contributed by atoms with E-state index in [0.717, 1.165) is 0 Å². The molecule has 1 unspecified atom stereocenters. The second kappa shape index (κ2) is 5.49. The third-order valence-corrected chi connectivity index (χ3v) is 5.11. The summed E-state index contributed by atoms with van der Waals surface area (Å²) in [7, 11) is -3.43. The van der Waals surface area contributed by atoms with Crippen LogP contribution in [0.5, 0.6) is 0 Å². The Balaban J connectivity index is 2.43. The van der Waals surface area contributed by atoms with Gasteiger partial charge in [-0.15, -0.1) is 0 Å². The fourth-order valence-corrected chi connectivity index (χ4v) is 4.12. The van der Waals surface area contributed by atoms with Crippen molar-refractivity contribution in [3.8, 4) is 0 Å². The fraction of sp³-hybridized carbons (Fsp3) is 0.417. The predicted octanol–water partition coefficient (Wildman–Crippen LogP) is 2.42. The first kappa shape index (κ1) is 16.1. The molecule has 1 saturated heterocycles. The van der Waals surface area contributed by atoms with Crippen LogP contribution in [-0.2, 0) is 14.6 Å². The predicted molar refractivity (Wildman–Crippen MR) is 72.1 cm³/mol. The Morgan fingerprint density at radius 3 is 2.48 bits per heavy atom. The summed E-state index contributed by atoms with van der Waals surface area (Å²) in [6, 6.07) is 4.31. The second-order valence-corrected chi connectivity index (χ2v) is 7.37. The van der Waals surface area contributed by atoms with Crippen LogP contribution in [0.15, 0.2) is 24.3 Å². The smallest absolute Gasteiger partial charge is 0.300 e. The monoisotopic (exact) mass is 341 g/mol. The molecule has 0 saturated carbocycles. The van der Waals surface area contributed by atoms with Crippen molar-refractivity contribution in [3.05, 3.63) is 29.3 Å². The highest BCUT2D eigenvalue weighted by atomic mass is 35.5. The molecule has 0 spiro atoms. The molecule has 1 heterocycles. The van der Waals surface area contributed by atoms with Gasteiger partial charge in [0.1, 0.15) is 0 Å². The summed E-state index contributed by atoms with van der Waals surface area (Å²) in [6.45, 7) is 0. The maximum Gasteiger partial charge on any atom is 0.471 e. The van der Waals surface area contributed by atoms with Gasteiger partial charge in [-0.2, -0.15) is 13.2 Å². The molecule has 0 radical (unpaired) electrons. The number of anilines is 1. The van der Waals surface area contributed by atoms with Crippen molar-refractivity contribution in [2.75, 3.05) is 16.4 Å². The number of halogens is 4. The van der Waals surface area contributed by atoms with E-state index in [2.05, 4.69) is 0 Å². The number of hydrogen-bond donors (Lipinski definition) is 0. The maximum absolute atomic E-state index is 12.8. The average Bonchev–Trinajstić information content (AvgIpc) is 2.68. The molecular weight excluding hydrogens is 331 g/mol. The summed E-state index contributed by atoms with van der Waals surface area (Å²) in [4.78, 5) is 12.1. The van der Waals surface area contributed by atoms with E-state index in [0.29, 0.717) is 4.90 Å². The molecule has 0 aliphatic carbocycles. The van der Waals surface area contributed by atoms with Crippen LogP contribution in [0.1, 0.15) is 6.42 Å². The van der Waals surface area contributed by atoms with Gasteiger partial charge in [0.25, 0.3) is 0 Å². The highest BCUT2D eigenvalue weighted by molar-refractivity contribution is 7.91. The highest BCUT2D eigenvalue weighted by Crippen LogP contribution is 2.31. The van der Waals surface area contributed by atoms with Crippen LogP contribution in [0.2, 0.25) is 5.02 Å². The first-order chi connectivity index (χ1) is 9.60. The van der Waals surface area contributed by atoms with Crippen molar-refractivity contribution in [2.45, 2.75) is 18.6 Å². The first-order valence-electron chi connectivity index (χ1n) is 5.96. The van der Waals surface area contributed by atoms with Gasteiger partial charge in [-0.05, 0) is 24.6 Å². The van der Waals surface area contributed by atoms with E-state index in [9.17, 15) is 26.4 Å². The number of carbonyl (C=O) groups excluding carboxylic acids is 1. The van der Waals surface area contributed by atoms with E-state index in [-0.39, 0.29) is 22.9 Å². The van der Waals surface area contributed by atoms with E-state index in [1.807, 2.05) is 0 Å². The van der Waals surface area contributed by atoms with Gasteiger partial charge in [0, 0.05) is 10.7 Å². The summed E-state index contributed by atoms with van der Waals surface area (Å²) < 4.78 is 61.2. The summed E-state index contributed by atoms with van der Waals surface area (Å²) in [5.41, 5.74) is -0.0630. The zero-order chi connectivity index (χ0) is 15.8. The Labute approximate surface area is 124 Å². The minimum absolute atomic E-state index is 0.0311. The second-order valence-electron chi connectivity index (χ2n) is 4.71. The molecule has 2 rings (SSSR count). The molecule has 1 fully saturated rings. The van der Waals surface area contributed by atoms with Crippen molar-refractivity contribution in [3.63, 3.8) is 0 Å². The molecule has 1 aromatic carbocycles. The lowest BCUT2D eigenvalue weighted by atomic mass is 10.1. The van der Waals surface area contributed by atoms with Gasteiger partial charge in [-0.25, -0.2) is 8.42 Å². The highest BCUT2D eigenvalue weighted by Gasteiger charge is 2.47. The Kier molecular flexibility index (Phi) is 4.21. The molecule has 0 N–H and O–H groups in total. The number of rotatable bonds is 2. The number of amides is 1. The van der Waals surface area contributed by atoms with Crippen LogP contribution < -0.4 is 4.90 Å². The lowest BCUT2D eigenvalue weighted by Gasteiger charge is -2.29. The molecule has 1 aliphatic heterocycles. The Hall–Kier alpha value is -1.28. The molecule has 1 amide bonds. The van der Waals surface area contributed by atoms with Gasteiger partial charge >= 0.3 is 12.1 Å². The summed E-state index contributed by atoms with van der Waals surface area (Å²) in [6.07, 6.45) is -5.12. The van der Waals surface area contributed by atoms with Gasteiger partial charge in [0.05, 0.1) is 17.5 Å². The zero-order valence-electron chi connectivity index (χ0n) is 10.6. The van der Waals surface area contributed by atoms with Crippen LogP contribution in [0.4, 0.5) is 18.9 Å². The third kappa shape index (κ3) is 3.68. The summed E-state index contributed by atoms with van der Waals surface area (Å²) in [5, 5.41) is 0.160. The van der Waals surface area contributed by atoms with Crippen LogP contribution >= 0.6 is 11.6 Å². The van der Waals surface area contributed by atoms with Crippen molar-refractivity contribution in [2.24, 2.45) is 0 Å². The van der Waals surface area contributed by atoms with Gasteiger partial charge < -0.3 is 4.90 Å². The van der Waals surface area contributed by atoms with Gasteiger partial charge in [0.15, 0.2) is 9.84 Å². The molecule has 1 aromatic rings. The molecule has 4 nitrogen and oxygen atoms in total. The molecule has 0 aromatic heterocycles. The van der Waals surface area contributed by atoms with Crippen LogP contribution in [0.3, 0.4) is 0 Å². The van der Waals surface area contributed by atoms with Gasteiger partial charge in [-0.3, -0.25) is 4.79 Å². The van der Waals surface area contributed by atoms with E-state index >= 15 is 0 Å². The van der Waals surface area contributed by atoms with Gasteiger partial charge in [0.2, 0.25) is 0 Å². The fourth-order valence-electron chi connectivity index (χ4n) is 2.24. The topological polar surface area (TPSA) is 54.5 Å². The minimum atomic E-state index is -5.09. The molecule has 116 valence electrons. The van der Waals surface area contributed by atoms with Crippen LogP contribution in [-0.4, -0.2) is 38.0 Å². The van der Waals surface area contributed by atoms with E-state index in [1.165, 1.54) is 24.3 Å². The molecule has 1 atom stereocenters. The molecule has 0 bridgehead atoms. The SMILES string of the molecule is O=C(N(c1cccc(Cl)c1)C1CCS(=O)(=O)C1)C(F)(F)F. The number of alkyl halides is 3. The van der Waals surface area contributed by atoms with Crippen molar-refractivity contribution in [1.82, 2.24) is 0 Å². The van der Waals surface area contributed by atoms with Crippen molar-refractivity contribution in [1.29, 1.82) is 0 Å². The molecule has 21 heavy (non-hydrogen) atoms. The standard InChI is InChI=1S/C12H11ClF3NO3S/c13-8-2-1-3-9(6-8)17(11(18)12(14,15)16)10-4-5-21(19,20)7-10/h1-3,6,10H,4-5,7H2. The van der Waals surface area contributed by atoms with E-state index in [4.69, 9.17) is 11.6 Å². The Morgan fingerprint density at radius 2 is 2.00 bits per heavy atom. The maximum atomic E-state index is 12.8. The van der Waals surface area contributed by atoms with E-state index < -0.39 is 33.7 Å². The Morgan fingerprint density at radius 1 is 1.33 bits per heavy atom. The van der Waals surface area contributed by atoms with Crippen LogP contribution in [0, 0.1) is 0 Å². The van der Waals surface area contributed by atoms with Gasteiger partial charge in [-0.1, -0.05) is 17.7 Å². The number of carbonyl (C=O) groups is 1. The summed E-state index contributed by atoms with van der Waals surface area (Å²) in [5.74, 6) is -2.81. The van der Waals surface area contributed by atoms with Crippen molar-refractivity contribution < 1.29 is 26.4 Å². The normalized spacial score (nSPS) is 21.2. The lowest BCUT2D eigenvalue weighted by Crippen LogP contribution is -2.48. The van der Waals surface area contributed by atoms with Crippen LogP contribution in [0.25, 0.3) is 0 Å². The number of sulfone groups is 1.